The zero-order valence-corrected chi connectivity index (χ0v) is 32.4. The molecule has 3 aromatic carbocycles. The van der Waals surface area contributed by atoms with Gasteiger partial charge in [0.15, 0.2) is 0 Å². The van der Waals surface area contributed by atoms with Crippen LogP contribution in [0.2, 0.25) is 0 Å². The molecule has 0 bridgehead atoms. The molecule has 0 aliphatic carbocycles. The van der Waals surface area contributed by atoms with Crippen molar-refractivity contribution in [2.24, 2.45) is 0 Å². The highest BCUT2D eigenvalue weighted by atomic mass is 16.5. The number of aliphatic hydroxyl groups excluding tert-OH is 3. The van der Waals surface area contributed by atoms with Gasteiger partial charge in [0.05, 0.1) is 25.2 Å². The van der Waals surface area contributed by atoms with Gasteiger partial charge in [-0.3, -0.25) is 0 Å². The van der Waals surface area contributed by atoms with Crippen LogP contribution in [0.1, 0.15) is 27.0 Å². The molecule has 0 aliphatic heterocycles. The van der Waals surface area contributed by atoms with E-state index in [2.05, 4.69) is 0 Å². The van der Waals surface area contributed by atoms with Gasteiger partial charge in [-0.2, -0.15) is 31.6 Å². The van der Waals surface area contributed by atoms with Crippen molar-refractivity contribution in [2.75, 3.05) is 19.8 Å². The van der Waals surface area contributed by atoms with E-state index in [1.807, 2.05) is 0 Å². The van der Waals surface area contributed by atoms with Crippen LogP contribution >= 0.6 is 0 Å². The monoisotopic (exact) mass is 835 g/mol. The van der Waals surface area contributed by atoms with Crippen LogP contribution < -0.4 is 26.5 Å². The molecule has 19 nitrogen and oxygen atoms in total. The van der Waals surface area contributed by atoms with Gasteiger partial charge in [-0.05, 0) is 71.3 Å². The van der Waals surface area contributed by atoms with Crippen LogP contribution in [-0.4, -0.2) is 73.1 Å². The summed E-state index contributed by atoms with van der Waals surface area (Å²) in [6, 6.07) is 28.1. The van der Waals surface area contributed by atoms with Crippen LogP contribution in [0.15, 0.2) is 104 Å². The van der Waals surface area contributed by atoms with E-state index >= 15 is 0 Å². The topological polar surface area (TPSA) is 314 Å². The first-order valence-corrected chi connectivity index (χ1v) is 18.1. The van der Waals surface area contributed by atoms with Crippen LogP contribution in [0.3, 0.4) is 0 Å². The van der Waals surface area contributed by atoms with Gasteiger partial charge in [-0.25, -0.2) is 32.9 Å². The molecule has 4 aromatic rings. The summed E-state index contributed by atoms with van der Waals surface area (Å²) < 4.78 is 17.8. The van der Waals surface area contributed by atoms with Crippen LogP contribution in [0.5, 0.6) is 11.5 Å². The second-order valence-electron chi connectivity index (χ2n) is 13.0. The molecule has 3 atom stereocenters. The SMILES string of the molecule is N#CC(C#N)=Cc1ccc(OCC(O)Cn2c(=O)n(CC(O)COC(=O)c3ccc(C=C(C#N)C#N)cc3)c(=O)n(CC(O)COc3ccc(C=C(C#N)C#N)cc3)c2=O)cc1. The molecule has 62 heavy (non-hydrogen) atoms. The maximum Gasteiger partial charge on any atom is 0.338 e. The van der Waals surface area contributed by atoms with E-state index in [4.69, 9.17) is 45.8 Å². The summed E-state index contributed by atoms with van der Waals surface area (Å²) in [4.78, 5) is 53.6. The molecule has 0 saturated carbocycles. The van der Waals surface area contributed by atoms with E-state index in [9.17, 15) is 34.5 Å². The third-order valence-corrected chi connectivity index (χ3v) is 8.42. The molecule has 4 rings (SSSR count). The van der Waals surface area contributed by atoms with Gasteiger partial charge in [0.25, 0.3) is 0 Å². The van der Waals surface area contributed by atoms with Crippen molar-refractivity contribution in [3.63, 3.8) is 0 Å². The Morgan fingerprint density at radius 1 is 0.500 bits per heavy atom. The molecule has 0 spiro atoms. The maximum atomic E-state index is 13.6. The third-order valence-electron chi connectivity index (χ3n) is 8.42. The van der Waals surface area contributed by atoms with Crippen molar-refractivity contribution in [1.29, 1.82) is 31.6 Å². The molecule has 3 unspecified atom stereocenters. The quantitative estimate of drug-likeness (QED) is 0.0946. The molecule has 0 aliphatic rings. The lowest BCUT2D eigenvalue weighted by atomic mass is 10.1. The van der Waals surface area contributed by atoms with E-state index in [0.29, 0.717) is 30.4 Å². The first-order chi connectivity index (χ1) is 29.8. The Balaban J connectivity index is 1.54. The fourth-order valence-electron chi connectivity index (χ4n) is 5.39. The Labute approximate surface area is 352 Å². The van der Waals surface area contributed by atoms with Crippen molar-refractivity contribution in [1.82, 2.24) is 13.7 Å². The van der Waals surface area contributed by atoms with Crippen molar-refractivity contribution < 1.29 is 34.3 Å². The van der Waals surface area contributed by atoms with E-state index in [1.165, 1.54) is 66.8 Å². The van der Waals surface area contributed by atoms with Crippen LogP contribution in [0.4, 0.5) is 0 Å². The van der Waals surface area contributed by atoms with Gasteiger partial charge < -0.3 is 29.5 Å². The molecule has 1 aromatic heterocycles. The minimum atomic E-state index is -1.69. The number of aromatic nitrogens is 3. The molecule has 19 heteroatoms. The zero-order chi connectivity index (χ0) is 45.2. The number of hydrogen-bond acceptors (Lipinski definition) is 16. The highest BCUT2D eigenvalue weighted by molar-refractivity contribution is 5.89. The molecule has 310 valence electrons. The normalized spacial score (nSPS) is 11.5. The van der Waals surface area contributed by atoms with Crippen LogP contribution in [-0.2, 0) is 24.4 Å². The van der Waals surface area contributed by atoms with Crippen LogP contribution in [0, 0.1) is 68.0 Å². The number of hydrogen-bond donors (Lipinski definition) is 3. The van der Waals surface area contributed by atoms with E-state index < -0.39 is 80.8 Å². The number of rotatable bonds is 18. The van der Waals surface area contributed by atoms with Crippen molar-refractivity contribution in [3.05, 3.63) is 143 Å². The Morgan fingerprint density at radius 3 is 1.10 bits per heavy atom. The summed E-state index contributed by atoms with van der Waals surface area (Å²) in [6.45, 7) is -3.90. The average Bonchev–Trinajstić information content (AvgIpc) is 3.29. The minimum absolute atomic E-state index is 0.0325. The second kappa shape index (κ2) is 22.4. The Kier molecular flexibility index (Phi) is 16.5. The summed E-state index contributed by atoms with van der Waals surface area (Å²) in [6.07, 6.45) is -0.765. The smallest absolute Gasteiger partial charge is 0.338 e. The maximum absolute atomic E-state index is 13.6. The first kappa shape index (κ1) is 45.9. The summed E-state index contributed by atoms with van der Waals surface area (Å²) in [5.74, 6) is -0.415. The number of carbonyl (C=O) groups excluding carboxylic acids is 1. The predicted molar refractivity (Wildman–Crippen MR) is 215 cm³/mol. The molecule has 0 amide bonds. The molecule has 1 heterocycles. The predicted octanol–water partition coefficient (Wildman–Crippen LogP) is 1.56. The van der Waals surface area contributed by atoms with Crippen LogP contribution in [0.25, 0.3) is 18.2 Å². The second-order valence-corrected chi connectivity index (χ2v) is 13.0. The van der Waals surface area contributed by atoms with Crippen molar-refractivity contribution in [3.8, 4) is 47.9 Å². The number of esters is 1. The molecule has 3 N–H and O–H groups in total. The number of allylic oxidation sites excluding steroid dienone is 3. The molecular weight excluding hydrogens is 803 g/mol. The van der Waals surface area contributed by atoms with Gasteiger partial charge in [0.2, 0.25) is 0 Å². The van der Waals surface area contributed by atoms with Gasteiger partial charge in [0.1, 0.15) is 103 Å². The number of ether oxygens (including phenoxy) is 3. The highest BCUT2D eigenvalue weighted by Gasteiger charge is 2.23. The van der Waals surface area contributed by atoms with E-state index in [-0.39, 0.29) is 33.8 Å². The lowest BCUT2D eigenvalue weighted by molar-refractivity contribution is 0.0204. The summed E-state index contributed by atoms with van der Waals surface area (Å²) in [5.41, 5.74) is -2.63. The fraction of sp³-hybridized carbons (Fsp3) is 0.209. The summed E-state index contributed by atoms with van der Waals surface area (Å²) >= 11 is 0. The molecule has 0 radical (unpaired) electrons. The molecule has 0 saturated heterocycles. The van der Waals surface area contributed by atoms with Gasteiger partial charge >= 0.3 is 23.0 Å². The average molecular weight is 836 g/mol. The highest BCUT2D eigenvalue weighted by Crippen LogP contribution is 2.16. The van der Waals surface area contributed by atoms with E-state index in [1.54, 1.807) is 60.7 Å². The lowest BCUT2D eigenvalue weighted by Gasteiger charge is -2.19. The Bertz CT molecular complexity index is 2630. The third kappa shape index (κ3) is 12.8. The minimum Gasteiger partial charge on any atom is -0.491 e. The number of carbonyl (C=O) groups is 1. The van der Waals surface area contributed by atoms with Crippen molar-refractivity contribution in [2.45, 2.75) is 37.9 Å². The lowest BCUT2D eigenvalue weighted by Crippen LogP contribution is -2.57. The first-order valence-electron chi connectivity index (χ1n) is 18.1. The molecule has 0 fully saturated rings. The standard InChI is InChI=1S/C43H33N9O10/c44-16-31(17-45)13-28-1-7-34(8-2-28)40(56)62-27-37(55)24-52-42(58)50(22-35(53)25-60-38-9-3-29(4-10-38)14-32(18-46)19-47)41(57)51(43(52)59)23-36(54)26-61-39-11-5-30(6-12-39)15-33(20-48)21-49/h1-15,35-37,53-55H,22-27H2. The Morgan fingerprint density at radius 2 is 0.790 bits per heavy atom. The van der Waals surface area contributed by atoms with Gasteiger partial charge in [-0.1, -0.05) is 36.4 Å². The summed E-state index contributed by atoms with van der Waals surface area (Å²) in [5, 5.41) is 86.3. The number of aliphatic hydroxyl groups is 3. The summed E-state index contributed by atoms with van der Waals surface area (Å²) in [7, 11) is 0. The fourth-order valence-corrected chi connectivity index (χ4v) is 5.39. The largest absolute Gasteiger partial charge is 0.491 e. The number of nitriles is 6. The zero-order valence-electron chi connectivity index (χ0n) is 32.4. The Hall–Kier alpha value is -8.82. The van der Waals surface area contributed by atoms with Gasteiger partial charge in [-0.15, -0.1) is 0 Å². The molecular formula is C43H33N9O10. The number of nitrogens with zero attached hydrogens (tertiary/aromatic N) is 9. The van der Waals surface area contributed by atoms with Gasteiger partial charge in [0, 0.05) is 0 Å². The van der Waals surface area contributed by atoms with Crippen molar-refractivity contribution >= 4 is 24.2 Å². The van der Waals surface area contributed by atoms with E-state index in [0.717, 1.165) is 0 Å². The number of benzene rings is 3.